The highest BCUT2D eigenvalue weighted by Crippen LogP contribution is 2.39. The number of benzene rings is 1. The third kappa shape index (κ3) is 1.86. The fourth-order valence-electron chi connectivity index (χ4n) is 2.73. The van der Waals surface area contributed by atoms with Gasteiger partial charge in [-0.3, -0.25) is 0 Å². The number of tetrazole rings is 1. The summed E-state index contributed by atoms with van der Waals surface area (Å²) in [5.41, 5.74) is 2.03. The summed E-state index contributed by atoms with van der Waals surface area (Å²) in [6.45, 7) is 3.27. The van der Waals surface area contributed by atoms with E-state index in [0.29, 0.717) is 13.2 Å². The molecule has 4 rings (SSSR count). The monoisotopic (exact) mass is 273 g/mol. The van der Waals surface area contributed by atoms with E-state index in [1.54, 1.807) is 11.0 Å². The molecule has 1 aromatic heterocycles. The molecule has 2 aromatic rings. The number of fused-ring (bicyclic) bond motifs is 1. The van der Waals surface area contributed by atoms with Crippen molar-refractivity contribution in [2.75, 3.05) is 31.2 Å². The molecule has 2 aliphatic rings. The van der Waals surface area contributed by atoms with Gasteiger partial charge in [0.05, 0.1) is 11.4 Å². The van der Waals surface area contributed by atoms with E-state index in [9.17, 15) is 0 Å². The largest absolute Gasteiger partial charge is 0.486 e. The average molecular weight is 273 g/mol. The first kappa shape index (κ1) is 11.5. The normalized spacial score (nSPS) is 17.5. The molecule has 0 aliphatic carbocycles. The number of hydrogen-bond acceptors (Lipinski definition) is 6. The molecular weight excluding hydrogens is 258 g/mol. The van der Waals surface area contributed by atoms with E-state index in [2.05, 4.69) is 20.4 Å². The number of ether oxygens (including phenoxy) is 2. The molecule has 7 nitrogen and oxygen atoms in total. The summed E-state index contributed by atoms with van der Waals surface area (Å²) in [6, 6.07) is 4.00. The van der Waals surface area contributed by atoms with Crippen LogP contribution in [0.2, 0.25) is 0 Å². The van der Waals surface area contributed by atoms with Gasteiger partial charge < -0.3 is 14.4 Å². The van der Waals surface area contributed by atoms with Crippen LogP contribution in [0.25, 0.3) is 5.69 Å². The van der Waals surface area contributed by atoms with Crippen molar-refractivity contribution in [3.8, 4) is 17.2 Å². The zero-order chi connectivity index (χ0) is 13.4. The van der Waals surface area contributed by atoms with Crippen LogP contribution in [0.15, 0.2) is 18.5 Å². The van der Waals surface area contributed by atoms with Gasteiger partial charge in [0.25, 0.3) is 0 Å². The zero-order valence-electron chi connectivity index (χ0n) is 11.0. The Morgan fingerprint density at radius 2 is 1.65 bits per heavy atom. The van der Waals surface area contributed by atoms with Crippen molar-refractivity contribution in [1.29, 1.82) is 0 Å². The van der Waals surface area contributed by atoms with Crippen LogP contribution in [0.1, 0.15) is 12.8 Å². The molecule has 104 valence electrons. The number of rotatable bonds is 2. The molecule has 1 saturated heterocycles. The van der Waals surface area contributed by atoms with Gasteiger partial charge in [0, 0.05) is 25.2 Å². The van der Waals surface area contributed by atoms with Gasteiger partial charge in [-0.1, -0.05) is 0 Å². The molecule has 7 heteroatoms. The molecule has 1 aromatic carbocycles. The van der Waals surface area contributed by atoms with Crippen LogP contribution < -0.4 is 14.4 Å². The van der Waals surface area contributed by atoms with E-state index < -0.39 is 0 Å². The van der Waals surface area contributed by atoms with Gasteiger partial charge in [0.2, 0.25) is 0 Å². The highest BCUT2D eigenvalue weighted by atomic mass is 16.6. The minimum absolute atomic E-state index is 0.575. The van der Waals surface area contributed by atoms with Crippen molar-refractivity contribution in [3.05, 3.63) is 18.5 Å². The first-order valence-electron chi connectivity index (χ1n) is 6.84. The lowest BCUT2D eigenvalue weighted by Crippen LogP contribution is -2.22. The van der Waals surface area contributed by atoms with Crippen molar-refractivity contribution in [2.45, 2.75) is 12.8 Å². The minimum atomic E-state index is 0.575. The lowest BCUT2D eigenvalue weighted by atomic mass is 10.2. The summed E-state index contributed by atoms with van der Waals surface area (Å²) in [5, 5.41) is 11.4. The maximum atomic E-state index is 5.68. The Morgan fingerprint density at radius 1 is 0.950 bits per heavy atom. The van der Waals surface area contributed by atoms with Crippen LogP contribution >= 0.6 is 0 Å². The van der Waals surface area contributed by atoms with Crippen LogP contribution in [0.5, 0.6) is 11.5 Å². The highest BCUT2D eigenvalue weighted by molar-refractivity contribution is 5.69. The van der Waals surface area contributed by atoms with E-state index in [1.807, 2.05) is 12.1 Å². The first-order valence-corrected chi connectivity index (χ1v) is 6.84. The predicted octanol–water partition coefficient (Wildman–Crippen LogP) is 1.03. The maximum absolute atomic E-state index is 5.68. The second-order valence-electron chi connectivity index (χ2n) is 4.93. The van der Waals surface area contributed by atoms with E-state index in [4.69, 9.17) is 9.47 Å². The molecule has 2 aliphatic heterocycles. The molecule has 20 heavy (non-hydrogen) atoms. The molecule has 1 fully saturated rings. The second-order valence-corrected chi connectivity index (χ2v) is 4.93. The van der Waals surface area contributed by atoms with Gasteiger partial charge in [-0.05, 0) is 23.3 Å². The summed E-state index contributed by atoms with van der Waals surface area (Å²) in [7, 11) is 0. The maximum Gasteiger partial charge on any atom is 0.163 e. The summed E-state index contributed by atoms with van der Waals surface area (Å²) < 4.78 is 13.0. The zero-order valence-corrected chi connectivity index (χ0v) is 11.0. The van der Waals surface area contributed by atoms with Crippen molar-refractivity contribution in [2.24, 2.45) is 0 Å². The van der Waals surface area contributed by atoms with Gasteiger partial charge in [-0.2, -0.15) is 4.68 Å². The molecule has 0 atom stereocenters. The first-order chi connectivity index (χ1) is 9.92. The summed E-state index contributed by atoms with van der Waals surface area (Å²) >= 11 is 0. The Kier molecular flexibility index (Phi) is 2.68. The highest BCUT2D eigenvalue weighted by Gasteiger charge is 2.22. The fraction of sp³-hybridized carbons (Fsp3) is 0.462. The van der Waals surface area contributed by atoms with Crippen molar-refractivity contribution in [3.63, 3.8) is 0 Å². The predicted molar refractivity (Wildman–Crippen MR) is 71.6 cm³/mol. The van der Waals surface area contributed by atoms with Gasteiger partial charge >= 0.3 is 0 Å². The van der Waals surface area contributed by atoms with Crippen molar-refractivity contribution < 1.29 is 9.47 Å². The summed E-state index contributed by atoms with van der Waals surface area (Å²) in [5.74, 6) is 1.56. The smallest absolute Gasteiger partial charge is 0.163 e. The van der Waals surface area contributed by atoms with E-state index in [-0.39, 0.29) is 0 Å². The summed E-state index contributed by atoms with van der Waals surface area (Å²) in [6.07, 6.45) is 4.03. The molecule has 0 N–H and O–H groups in total. The molecule has 0 saturated carbocycles. The summed E-state index contributed by atoms with van der Waals surface area (Å²) in [4.78, 5) is 2.34. The lowest BCUT2D eigenvalue weighted by molar-refractivity contribution is 0.171. The Hall–Kier alpha value is -2.31. The van der Waals surface area contributed by atoms with Crippen LogP contribution in [-0.2, 0) is 0 Å². The Bertz CT molecular complexity index is 607. The fourth-order valence-corrected chi connectivity index (χ4v) is 2.73. The third-order valence-electron chi connectivity index (χ3n) is 3.68. The molecule has 0 spiro atoms. The molecular formula is C13H15N5O2. The van der Waals surface area contributed by atoms with Crippen LogP contribution in [0.3, 0.4) is 0 Å². The van der Waals surface area contributed by atoms with E-state index in [0.717, 1.165) is 36.0 Å². The molecule has 3 heterocycles. The van der Waals surface area contributed by atoms with Gasteiger partial charge in [-0.25, -0.2) is 0 Å². The quantitative estimate of drug-likeness (QED) is 0.814. The number of nitrogens with zero attached hydrogens (tertiary/aromatic N) is 5. The van der Waals surface area contributed by atoms with Gasteiger partial charge in [0.15, 0.2) is 11.5 Å². The molecule has 0 amide bonds. The van der Waals surface area contributed by atoms with Crippen molar-refractivity contribution in [1.82, 2.24) is 20.2 Å². The van der Waals surface area contributed by atoms with E-state index in [1.165, 1.54) is 12.8 Å². The molecule has 0 unspecified atom stereocenters. The van der Waals surface area contributed by atoms with Gasteiger partial charge in [0.1, 0.15) is 19.5 Å². The van der Waals surface area contributed by atoms with Gasteiger partial charge in [-0.15, -0.1) is 5.10 Å². The number of anilines is 1. The van der Waals surface area contributed by atoms with E-state index >= 15 is 0 Å². The Balaban J connectivity index is 1.85. The second kappa shape index (κ2) is 4.66. The van der Waals surface area contributed by atoms with Crippen LogP contribution in [-0.4, -0.2) is 46.5 Å². The topological polar surface area (TPSA) is 65.3 Å². The van der Waals surface area contributed by atoms with Crippen LogP contribution in [0.4, 0.5) is 5.69 Å². The number of aromatic nitrogens is 4. The Morgan fingerprint density at radius 3 is 2.30 bits per heavy atom. The number of hydrogen-bond donors (Lipinski definition) is 0. The van der Waals surface area contributed by atoms with Crippen molar-refractivity contribution >= 4 is 5.69 Å². The lowest BCUT2D eigenvalue weighted by Gasteiger charge is -2.25. The average Bonchev–Trinajstić information content (AvgIpc) is 3.19. The Labute approximate surface area is 116 Å². The SMILES string of the molecule is c1c2c(cc(-n3cnnn3)c1N1CCCC1)OCCO2. The molecule has 0 radical (unpaired) electrons. The third-order valence-corrected chi connectivity index (χ3v) is 3.68. The van der Waals surface area contributed by atoms with Crippen LogP contribution in [0, 0.1) is 0 Å². The standard InChI is InChI=1S/C13H15N5O2/c1-2-4-17(3-1)10-7-12-13(20-6-5-19-12)8-11(10)18-9-14-15-16-18/h7-9H,1-6H2. The minimum Gasteiger partial charge on any atom is -0.486 e. The molecule has 0 bridgehead atoms.